The fourth-order valence-corrected chi connectivity index (χ4v) is 1.52. The summed E-state index contributed by atoms with van der Waals surface area (Å²) in [5.74, 6) is 0.648. The predicted molar refractivity (Wildman–Crippen MR) is 63.2 cm³/mol. The highest BCUT2D eigenvalue weighted by Crippen LogP contribution is 2.15. The first-order valence-corrected chi connectivity index (χ1v) is 5.67. The topological polar surface area (TPSA) is 69.0 Å². The van der Waals surface area contributed by atoms with Crippen molar-refractivity contribution in [3.05, 3.63) is 12.2 Å². The van der Waals surface area contributed by atoms with Crippen LogP contribution in [0.4, 0.5) is 0 Å². The van der Waals surface area contributed by atoms with E-state index in [1.54, 1.807) is 6.33 Å². The number of carbonyl (C=O) groups is 1. The summed E-state index contributed by atoms with van der Waals surface area (Å²) in [5, 5.41) is 11.0. The van der Waals surface area contributed by atoms with E-state index in [1.165, 1.54) is 7.11 Å². The predicted octanol–water partition coefficient (Wildman–Crippen LogP) is 0.587. The molecule has 0 amide bonds. The molecular formula is C11H20N4O2. The van der Waals surface area contributed by atoms with E-state index in [9.17, 15) is 4.79 Å². The Bertz CT molecular complexity index is 373. The molecule has 1 rings (SSSR count). The van der Waals surface area contributed by atoms with Crippen molar-refractivity contribution in [3.8, 4) is 0 Å². The van der Waals surface area contributed by atoms with Gasteiger partial charge in [-0.05, 0) is 20.8 Å². The summed E-state index contributed by atoms with van der Waals surface area (Å²) in [5.41, 5.74) is -0.536. The Balaban J connectivity index is 2.45. The lowest BCUT2D eigenvalue weighted by molar-refractivity contribution is -0.150. The average Bonchev–Trinajstić information content (AvgIpc) is 2.75. The Labute approximate surface area is 101 Å². The van der Waals surface area contributed by atoms with Crippen molar-refractivity contribution in [2.75, 3.05) is 13.7 Å². The second-order valence-electron chi connectivity index (χ2n) is 4.51. The lowest BCUT2D eigenvalue weighted by Crippen LogP contribution is -2.37. The summed E-state index contributed by atoms with van der Waals surface area (Å²) in [6.07, 6.45) is 1.70. The van der Waals surface area contributed by atoms with E-state index >= 15 is 0 Å². The van der Waals surface area contributed by atoms with Crippen LogP contribution in [-0.4, -0.2) is 34.4 Å². The fraction of sp³-hybridized carbons (Fsp3) is 0.727. The molecular weight excluding hydrogens is 220 g/mol. The van der Waals surface area contributed by atoms with Crippen LogP contribution in [0, 0.1) is 5.41 Å². The number of nitrogens with zero attached hydrogens (tertiary/aromatic N) is 3. The van der Waals surface area contributed by atoms with Gasteiger partial charge < -0.3 is 14.6 Å². The van der Waals surface area contributed by atoms with Gasteiger partial charge in [-0.25, -0.2) is 0 Å². The van der Waals surface area contributed by atoms with Crippen molar-refractivity contribution < 1.29 is 9.53 Å². The van der Waals surface area contributed by atoms with Crippen LogP contribution in [0.1, 0.15) is 26.6 Å². The zero-order valence-electron chi connectivity index (χ0n) is 10.9. The smallest absolute Gasteiger partial charge is 0.312 e. The minimum absolute atomic E-state index is 0.220. The third-order valence-corrected chi connectivity index (χ3v) is 2.62. The van der Waals surface area contributed by atoms with E-state index in [0.717, 1.165) is 12.4 Å². The second-order valence-corrected chi connectivity index (χ2v) is 4.51. The van der Waals surface area contributed by atoms with Gasteiger partial charge in [0, 0.05) is 13.1 Å². The number of aromatic nitrogens is 3. The molecule has 17 heavy (non-hydrogen) atoms. The number of rotatable bonds is 6. The van der Waals surface area contributed by atoms with Crippen LogP contribution >= 0.6 is 0 Å². The van der Waals surface area contributed by atoms with Gasteiger partial charge in [0.05, 0.1) is 19.1 Å². The molecule has 0 fully saturated rings. The van der Waals surface area contributed by atoms with Crippen LogP contribution in [0.5, 0.6) is 0 Å². The van der Waals surface area contributed by atoms with Crippen molar-refractivity contribution in [1.82, 2.24) is 20.1 Å². The number of carbonyl (C=O) groups excluding carboxylic acids is 1. The summed E-state index contributed by atoms with van der Waals surface area (Å²) >= 11 is 0. The van der Waals surface area contributed by atoms with Crippen LogP contribution in [0.25, 0.3) is 0 Å². The quantitative estimate of drug-likeness (QED) is 0.737. The van der Waals surface area contributed by atoms with Crippen LogP contribution in [0.3, 0.4) is 0 Å². The highest BCUT2D eigenvalue weighted by molar-refractivity contribution is 5.76. The normalized spacial score (nSPS) is 11.5. The van der Waals surface area contributed by atoms with E-state index in [1.807, 2.05) is 25.3 Å². The Morgan fingerprint density at radius 1 is 1.59 bits per heavy atom. The molecule has 0 saturated heterocycles. The SMILES string of the molecule is CCn1cnnc1CNCC(C)(C)C(=O)OC. The molecule has 1 aromatic rings. The monoisotopic (exact) mass is 240 g/mol. The minimum atomic E-state index is -0.536. The number of hydrogen-bond donors (Lipinski definition) is 1. The third kappa shape index (κ3) is 3.52. The Morgan fingerprint density at radius 3 is 2.88 bits per heavy atom. The maximum atomic E-state index is 11.5. The standard InChI is InChI=1S/C11H20N4O2/c1-5-15-8-13-14-9(15)6-12-7-11(2,3)10(16)17-4/h8,12H,5-7H2,1-4H3. The third-order valence-electron chi connectivity index (χ3n) is 2.62. The van der Waals surface area contributed by atoms with Gasteiger partial charge in [0.2, 0.25) is 0 Å². The van der Waals surface area contributed by atoms with Crippen molar-refractivity contribution in [3.63, 3.8) is 0 Å². The second kappa shape index (κ2) is 5.77. The maximum Gasteiger partial charge on any atom is 0.312 e. The van der Waals surface area contributed by atoms with E-state index in [0.29, 0.717) is 13.1 Å². The molecule has 0 unspecified atom stereocenters. The maximum absolute atomic E-state index is 11.5. The van der Waals surface area contributed by atoms with E-state index in [2.05, 4.69) is 15.5 Å². The molecule has 0 bridgehead atoms. The van der Waals surface area contributed by atoms with Crippen molar-refractivity contribution in [2.45, 2.75) is 33.9 Å². The first-order chi connectivity index (χ1) is 8.01. The molecule has 96 valence electrons. The molecule has 0 spiro atoms. The fourth-order valence-electron chi connectivity index (χ4n) is 1.52. The van der Waals surface area contributed by atoms with Crippen LogP contribution in [0.2, 0.25) is 0 Å². The molecule has 0 radical (unpaired) electrons. The molecule has 0 aliphatic rings. The number of aryl methyl sites for hydroxylation is 1. The first kappa shape index (κ1) is 13.6. The lowest BCUT2D eigenvalue weighted by atomic mass is 9.94. The van der Waals surface area contributed by atoms with Crippen LogP contribution in [-0.2, 0) is 22.6 Å². The average molecular weight is 240 g/mol. The van der Waals surface area contributed by atoms with Gasteiger partial charge in [0.25, 0.3) is 0 Å². The molecule has 0 aromatic carbocycles. The molecule has 0 atom stereocenters. The van der Waals surface area contributed by atoms with E-state index < -0.39 is 5.41 Å². The van der Waals surface area contributed by atoms with Gasteiger partial charge in [0.15, 0.2) is 0 Å². The summed E-state index contributed by atoms with van der Waals surface area (Å²) in [7, 11) is 1.40. The van der Waals surface area contributed by atoms with Gasteiger partial charge in [-0.15, -0.1) is 10.2 Å². The van der Waals surface area contributed by atoms with E-state index in [-0.39, 0.29) is 5.97 Å². The Morgan fingerprint density at radius 2 is 2.29 bits per heavy atom. The lowest BCUT2D eigenvalue weighted by Gasteiger charge is -2.21. The zero-order chi connectivity index (χ0) is 12.9. The molecule has 1 aromatic heterocycles. The summed E-state index contributed by atoms with van der Waals surface area (Å²) in [6, 6.07) is 0. The zero-order valence-corrected chi connectivity index (χ0v) is 10.9. The van der Waals surface area contributed by atoms with Crippen LogP contribution < -0.4 is 5.32 Å². The van der Waals surface area contributed by atoms with Crippen molar-refractivity contribution in [2.24, 2.45) is 5.41 Å². The first-order valence-electron chi connectivity index (χ1n) is 5.67. The molecule has 6 nitrogen and oxygen atoms in total. The minimum Gasteiger partial charge on any atom is -0.469 e. The highest BCUT2D eigenvalue weighted by atomic mass is 16.5. The van der Waals surface area contributed by atoms with Gasteiger partial charge in [-0.3, -0.25) is 4.79 Å². The van der Waals surface area contributed by atoms with Gasteiger partial charge in [-0.1, -0.05) is 0 Å². The van der Waals surface area contributed by atoms with Crippen LogP contribution in [0.15, 0.2) is 6.33 Å². The molecule has 0 aliphatic heterocycles. The van der Waals surface area contributed by atoms with Gasteiger partial charge in [0.1, 0.15) is 12.2 Å². The summed E-state index contributed by atoms with van der Waals surface area (Å²) in [4.78, 5) is 11.5. The summed E-state index contributed by atoms with van der Waals surface area (Å²) < 4.78 is 6.69. The Kier molecular flexibility index (Phi) is 4.62. The molecule has 0 saturated carbocycles. The Hall–Kier alpha value is -1.43. The molecule has 1 N–H and O–H groups in total. The number of nitrogens with one attached hydrogen (secondary N) is 1. The molecule has 1 heterocycles. The number of esters is 1. The van der Waals surface area contributed by atoms with Crippen molar-refractivity contribution >= 4 is 5.97 Å². The van der Waals surface area contributed by atoms with Gasteiger partial charge >= 0.3 is 5.97 Å². The highest BCUT2D eigenvalue weighted by Gasteiger charge is 2.28. The van der Waals surface area contributed by atoms with Gasteiger partial charge in [-0.2, -0.15) is 0 Å². The largest absolute Gasteiger partial charge is 0.469 e. The number of ether oxygens (including phenoxy) is 1. The molecule has 0 aliphatic carbocycles. The van der Waals surface area contributed by atoms with Crippen molar-refractivity contribution in [1.29, 1.82) is 0 Å². The number of methoxy groups -OCH3 is 1. The number of hydrogen-bond acceptors (Lipinski definition) is 5. The summed E-state index contributed by atoms with van der Waals surface area (Å²) in [6.45, 7) is 7.69. The van der Waals surface area contributed by atoms with E-state index in [4.69, 9.17) is 4.74 Å². The molecule has 6 heteroatoms.